The normalized spacial score (nSPS) is 10.4. The van der Waals surface area contributed by atoms with Crippen molar-refractivity contribution in [2.24, 2.45) is 0 Å². The first-order valence-electron chi connectivity index (χ1n) is 5.56. The Balaban J connectivity index is 2.00. The molecule has 0 saturated heterocycles. The zero-order valence-corrected chi connectivity index (χ0v) is 9.94. The molecule has 1 heterocycles. The van der Waals surface area contributed by atoms with Crippen molar-refractivity contribution in [2.75, 3.05) is 12.3 Å². The highest BCUT2D eigenvalue weighted by Gasteiger charge is 2.15. The van der Waals surface area contributed by atoms with Gasteiger partial charge in [-0.1, -0.05) is 0 Å². The number of hydrogen-bond acceptors (Lipinski definition) is 3. The molecule has 0 radical (unpaired) electrons. The molecule has 0 aliphatic carbocycles. The predicted molar refractivity (Wildman–Crippen MR) is 65.3 cm³/mol. The van der Waals surface area contributed by atoms with E-state index in [0.29, 0.717) is 6.54 Å². The summed E-state index contributed by atoms with van der Waals surface area (Å²) < 4.78 is 28.4. The van der Waals surface area contributed by atoms with Gasteiger partial charge in [0.15, 0.2) is 5.82 Å². The number of imidazole rings is 1. The maximum absolute atomic E-state index is 13.6. The van der Waals surface area contributed by atoms with Crippen molar-refractivity contribution in [3.8, 4) is 0 Å². The second-order valence-electron chi connectivity index (χ2n) is 3.91. The van der Waals surface area contributed by atoms with Gasteiger partial charge < -0.3 is 15.6 Å². The highest BCUT2D eigenvalue weighted by atomic mass is 19.1. The molecular weight excluding hydrogens is 254 g/mol. The van der Waals surface area contributed by atoms with E-state index in [4.69, 9.17) is 5.73 Å². The molecular formula is C12H12F2N4O. The minimum absolute atomic E-state index is 0.269. The largest absolute Gasteiger partial charge is 0.396 e. The van der Waals surface area contributed by atoms with E-state index in [1.54, 1.807) is 23.3 Å². The van der Waals surface area contributed by atoms with E-state index in [1.165, 1.54) is 0 Å². The lowest BCUT2D eigenvalue weighted by atomic mass is 10.1. The van der Waals surface area contributed by atoms with Crippen LogP contribution in [0.15, 0.2) is 30.9 Å². The maximum atomic E-state index is 13.6. The zero-order valence-electron chi connectivity index (χ0n) is 9.94. The fourth-order valence-corrected chi connectivity index (χ4v) is 1.59. The van der Waals surface area contributed by atoms with Crippen LogP contribution < -0.4 is 11.1 Å². The molecule has 5 nitrogen and oxygen atoms in total. The molecule has 1 aromatic heterocycles. The van der Waals surface area contributed by atoms with Crippen LogP contribution in [0.2, 0.25) is 0 Å². The van der Waals surface area contributed by atoms with Crippen LogP contribution in [0.25, 0.3) is 0 Å². The summed E-state index contributed by atoms with van der Waals surface area (Å²) in [6.45, 7) is 0.753. The Bertz CT molecular complexity index is 584. The van der Waals surface area contributed by atoms with Crippen LogP contribution >= 0.6 is 0 Å². The zero-order chi connectivity index (χ0) is 13.8. The standard InChI is InChI=1S/C12H12F2N4O/c13-8-5-9(11(14)10(15)6-8)12(19)17-2-4-18-3-1-16-7-18/h1,3,5-7H,2,4,15H2,(H,17,19). The SMILES string of the molecule is Nc1cc(F)cc(C(=O)NCCn2ccnc2)c1F. The lowest BCUT2D eigenvalue weighted by molar-refractivity contribution is 0.0948. The van der Waals surface area contributed by atoms with Gasteiger partial charge in [-0.05, 0) is 12.1 Å². The van der Waals surface area contributed by atoms with Gasteiger partial charge in [-0.15, -0.1) is 0 Å². The van der Waals surface area contributed by atoms with Crippen molar-refractivity contribution in [2.45, 2.75) is 6.54 Å². The minimum atomic E-state index is -0.915. The van der Waals surface area contributed by atoms with Crippen LogP contribution in [0.5, 0.6) is 0 Å². The predicted octanol–water partition coefficient (Wildman–Crippen LogP) is 1.17. The van der Waals surface area contributed by atoms with Gasteiger partial charge >= 0.3 is 0 Å². The summed E-state index contributed by atoms with van der Waals surface area (Å²) in [4.78, 5) is 15.5. The third kappa shape index (κ3) is 3.06. The van der Waals surface area contributed by atoms with Crippen LogP contribution in [0.1, 0.15) is 10.4 Å². The first kappa shape index (κ1) is 13.0. The van der Waals surface area contributed by atoms with Crippen molar-refractivity contribution in [3.05, 3.63) is 48.1 Å². The molecule has 19 heavy (non-hydrogen) atoms. The molecule has 1 aromatic carbocycles. The van der Waals surface area contributed by atoms with Crippen molar-refractivity contribution in [1.82, 2.24) is 14.9 Å². The van der Waals surface area contributed by atoms with E-state index in [9.17, 15) is 13.6 Å². The highest BCUT2D eigenvalue weighted by Crippen LogP contribution is 2.17. The molecule has 0 fully saturated rings. The van der Waals surface area contributed by atoms with E-state index in [2.05, 4.69) is 10.3 Å². The Hall–Kier alpha value is -2.44. The summed E-state index contributed by atoms with van der Waals surface area (Å²) in [6.07, 6.45) is 4.93. The third-order valence-corrected chi connectivity index (χ3v) is 2.52. The number of carbonyl (C=O) groups excluding carboxylic acids is 1. The number of nitrogens with two attached hydrogens (primary N) is 1. The van der Waals surface area contributed by atoms with E-state index in [-0.39, 0.29) is 12.2 Å². The van der Waals surface area contributed by atoms with Gasteiger partial charge in [0.1, 0.15) is 5.82 Å². The van der Waals surface area contributed by atoms with Gasteiger partial charge in [-0.25, -0.2) is 13.8 Å². The minimum Gasteiger partial charge on any atom is -0.396 e. The molecule has 0 atom stereocenters. The molecule has 0 unspecified atom stereocenters. The van der Waals surface area contributed by atoms with Crippen LogP contribution in [0, 0.1) is 11.6 Å². The number of hydrogen-bond donors (Lipinski definition) is 2. The van der Waals surface area contributed by atoms with E-state index >= 15 is 0 Å². The lowest BCUT2D eigenvalue weighted by Gasteiger charge is -2.08. The first-order chi connectivity index (χ1) is 9.08. The number of amides is 1. The number of nitrogens with zero attached hydrogens (tertiary/aromatic N) is 2. The summed E-state index contributed by atoms with van der Waals surface area (Å²) >= 11 is 0. The van der Waals surface area contributed by atoms with Gasteiger partial charge in [0.05, 0.1) is 17.6 Å². The van der Waals surface area contributed by atoms with Gasteiger partial charge in [0.25, 0.3) is 5.91 Å². The Morgan fingerprint density at radius 1 is 1.42 bits per heavy atom. The van der Waals surface area contributed by atoms with Crippen LogP contribution in [0.3, 0.4) is 0 Å². The van der Waals surface area contributed by atoms with Gasteiger partial charge in [-0.2, -0.15) is 0 Å². The number of nitrogen functional groups attached to an aromatic ring is 1. The van der Waals surface area contributed by atoms with Crippen LogP contribution in [-0.4, -0.2) is 22.0 Å². The van der Waals surface area contributed by atoms with Gasteiger partial charge in [-0.3, -0.25) is 4.79 Å². The molecule has 100 valence electrons. The Kier molecular flexibility index (Phi) is 3.74. The molecule has 0 aliphatic rings. The summed E-state index contributed by atoms with van der Waals surface area (Å²) in [5, 5.41) is 2.48. The van der Waals surface area contributed by atoms with Crippen molar-refractivity contribution < 1.29 is 13.6 Å². The summed E-state index contributed by atoms with van der Waals surface area (Å²) in [5.41, 5.74) is 4.47. The molecule has 7 heteroatoms. The van der Waals surface area contributed by atoms with Crippen molar-refractivity contribution in [3.63, 3.8) is 0 Å². The highest BCUT2D eigenvalue weighted by molar-refractivity contribution is 5.95. The average Bonchev–Trinajstić information content (AvgIpc) is 2.86. The average molecular weight is 266 g/mol. The topological polar surface area (TPSA) is 72.9 Å². The summed E-state index contributed by atoms with van der Waals surface area (Å²) in [6, 6.07) is 1.65. The second-order valence-corrected chi connectivity index (χ2v) is 3.91. The molecule has 0 spiro atoms. The van der Waals surface area contributed by atoms with Gasteiger partial charge in [0, 0.05) is 25.5 Å². The molecule has 0 aliphatic heterocycles. The van der Waals surface area contributed by atoms with Crippen LogP contribution in [0.4, 0.5) is 14.5 Å². The Morgan fingerprint density at radius 3 is 2.89 bits per heavy atom. The maximum Gasteiger partial charge on any atom is 0.254 e. The number of anilines is 1. The Morgan fingerprint density at radius 2 is 2.21 bits per heavy atom. The third-order valence-electron chi connectivity index (χ3n) is 2.52. The molecule has 1 amide bonds. The summed E-state index contributed by atoms with van der Waals surface area (Å²) in [7, 11) is 0. The molecule has 2 rings (SSSR count). The number of nitrogens with one attached hydrogen (secondary N) is 1. The number of halogens is 2. The van der Waals surface area contributed by atoms with E-state index in [0.717, 1.165) is 12.1 Å². The van der Waals surface area contributed by atoms with Crippen molar-refractivity contribution in [1.29, 1.82) is 0 Å². The fourth-order valence-electron chi connectivity index (χ4n) is 1.59. The van der Waals surface area contributed by atoms with Gasteiger partial charge in [0.2, 0.25) is 0 Å². The number of aromatic nitrogens is 2. The second kappa shape index (κ2) is 5.47. The fraction of sp³-hybridized carbons (Fsp3) is 0.167. The number of carbonyl (C=O) groups is 1. The summed E-state index contributed by atoms with van der Waals surface area (Å²) in [5.74, 6) is -2.37. The quantitative estimate of drug-likeness (QED) is 0.816. The first-order valence-corrected chi connectivity index (χ1v) is 5.56. The monoisotopic (exact) mass is 266 g/mol. The molecule has 2 aromatic rings. The molecule has 0 bridgehead atoms. The molecule has 3 N–H and O–H groups in total. The molecule has 0 saturated carbocycles. The van der Waals surface area contributed by atoms with E-state index in [1.807, 2.05) is 0 Å². The number of benzene rings is 1. The van der Waals surface area contributed by atoms with Crippen LogP contribution in [-0.2, 0) is 6.54 Å². The number of rotatable bonds is 4. The lowest BCUT2D eigenvalue weighted by Crippen LogP contribution is -2.28. The Labute approximate surface area is 108 Å². The van der Waals surface area contributed by atoms with E-state index < -0.39 is 23.1 Å². The van der Waals surface area contributed by atoms with Crippen molar-refractivity contribution >= 4 is 11.6 Å². The smallest absolute Gasteiger partial charge is 0.254 e.